The normalized spacial score (nSPS) is 22.8. The maximum atomic E-state index is 12.4. The smallest absolute Gasteiger partial charge is 0.410 e. The van der Waals surface area contributed by atoms with Crippen molar-refractivity contribution >= 4 is 6.09 Å². The number of piperidine rings is 1. The lowest BCUT2D eigenvalue weighted by Crippen LogP contribution is -2.45. The fraction of sp³-hybridized carbons (Fsp3) is 0.545. The highest BCUT2D eigenvalue weighted by Gasteiger charge is 2.49. The molecule has 0 spiro atoms. The van der Waals surface area contributed by atoms with Crippen LogP contribution < -0.4 is 9.47 Å². The highest BCUT2D eigenvalue weighted by atomic mass is 16.6. The summed E-state index contributed by atoms with van der Waals surface area (Å²) in [6.45, 7) is 10.1. The molecule has 2 aromatic rings. The van der Waals surface area contributed by atoms with Crippen LogP contribution in [0.4, 0.5) is 4.79 Å². The second-order valence-electron chi connectivity index (χ2n) is 8.97. The number of fused-ring (bicyclic) bond motifs is 2. The van der Waals surface area contributed by atoms with Crippen LogP contribution in [0.25, 0.3) is 0 Å². The SMILES string of the molecule is Cc1ncccc1Oc1ncnc(O[C@H]2C[C@@H]3C[C@H]2CN3C(=O)OC(C)(C)C)c1C. The van der Waals surface area contributed by atoms with Crippen LogP contribution in [0, 0.1) is 19.8 Å². The number of hydrogen-bond donors (Lipinski definition) is 0. The van der Waals surface area contributed by atoms with Gasteiger partial charge < -0.3 is 19.1 Å². The molecule has 0 aromatic carbocycles. The number of carbonyl (C=O) groups is 1. The quantitative estimate of drug-likeness (QED) is 0.748. The highest BCUT2D eigenvalue weighted by molar-refractivity contribution is 5.69. The summed E-state index contributed by atoms with van der Waals surface area (Å²) in [5, 5.41) is 0. The first-order valence-corrected chi connectivity index (χ1v) is 10.3. The van der Waals surface area contributed by atoms with Crippen LogP contribution in [0.3, 0.4) is 0 Å². The van der Waals surface area contributed by atoms with Gasteiger partial charge in [0, 0.05) is 31.1 Å². The third-order valence-corrected chi connectivity index (χ3v) is 5.52. The van der Waals surface area contributed by atoms with E-state index in [4.69, 9.17) is 14.2 Å². The van der Waals surface area contributed by atoms with Gasteiger partial charge >= 0.3 is 6.09 Å². The summed E-state index contributed by atoms with van der Waals surface area (Å²) in [4.78, 5) is 27.1. The summed E-state index contributed by atoms with van der Waals surface area (Å²) in [6.07, 6.45) is 4.63. The largest absolute Gasteiger partial charge is 0.474 e. The number of nitrogens with zero attached hydrogens (tertiary/aromatic N) is 4. The molecule has 2 aliphatic rings. The van der Waals surface area contributed by atoms with E-state index in [0.717, 1.165) is 24.1 Å². The average molecular weight is 412 g/mol. The van der Waals surface area contributed by atoms with Gasteiger partial charge in [0.1, 0.15) is 18.0 Å². The molecule has 2 aromatic heterocycles. The maximum absolute atomic E-state index is 12.4. The molecule has 0 N–H and O–H groups in total. The number of aromatic nitrogens is 3. The van der Waals surface area contributed by atoms with Gasteiger partial charge in [-0.3, -0.25) is 4.98 Å². The molecule has 0 unspecified atom stereocenters. The Balaban J connectivity index is 1.42. The fourth-order valence-electron chi connectivity index (χ4n) is 4.06. The molecule has 1 saturated carbocycles. The number of carbonyl (C=O) groups excluding carboxylic acids is 1. The van der Waals surface area contributed by atoms with E-state index in [1.807, 2.05) is 51.7 Å². The first-order valence-electron chi connectivity index (χ1n) is 10.3. The molecule has 30 heavy (non-hydrogen) atoms. The number of aryl methyl sites for hydroxylation is 1. The van der Waals surface area contributed by atoms with Crippen molar-refractivity contribution in [3.05, 3.63) is 35.9 Å². The van der Waals surface area contributed by atoms with Crippen LogP contribution >= 0.6 is 0 Å². The molecule has 2 fully saturated rings. The van der Waals surface area contributed by atoms with Gasteiger partial charge in [0.2, 0.25) is 11.8 Å². The minimum atomic E-state index is -0.490. The van der Waals surface area contributed by atoms with Crippen molar-refractivity contribution < 1.29 is 19.0 Å². The highest BCUT2D eigenvalue weighted by Crippen LogP contribution is 2.41. The maximum Gasteiger partial charge on any atom is 0.410 e. The molecular formula is C22H28N4O4. The van der Waals surface area contributed by atoms with E-state index in [9.17, 15) is 4.79 Å². The Hall–Kier alpha value is -2.90. The molecule has 1 aliphatic carbocycles. The average Bonchev–Trinajstić information content (AvgIpc) is 3.26. The van der Waals surface area contributed by atoms with E-state index in [1.165, 1.54) is 6.33 Å². The molecule has 2 bridgehead atoms. The van der Waals surface area contributed by atoms with E-state index in [0.29, 0.717) is 24.1 Å². The number of hydrogen-bond acceptors (Lipinski definition) is 7. The molecule has 3 heterocycles. The lowest BCUT2D eigenvalue weighted by atomic mass is 10.1. The lowest BCUT2D eigenvalue weighted by Gasteiger charge is -2.33. The summed E-state index contributed by atoms with van der Waals surface area (Å²) in [5.74, 6) is 1.89. The van der Waals surface area contributed by atoms with Crippen LogP contribution in [0.2, 0.25) is 0 Å². The molecule has 0 radical (unpaired) electrons. The van der Waals surface area contributed by atoms with Crippen molar-refractivity contribution in [1.29, 1.82) is 0 Å². The molecule has 4 rings (SSSR count). The van der Waals surface area contributed by atoms with E-state index < -0.39 is 5.60 Å². The summed E-state index contributed by atoms with van der Waals surface area (Å²) in [5.41, 5.74) is 1.04. The Labute approximate surface area is 176 Å². The first-order chi connectivity index (χ1) is 14.2. The molecule has 160 valence electrons. The molecule has 1 amide bonds. The molecule has 1 aliphatic heterocycles. The monoisotopic (exact) mass is 412 g/mol. The Morgan fingerprint density at radius 3 is 2.57 bits per heavy atom. The lowest BCUT2D eigenvalue weighted by molar-refractivity contribution is 0.0101. The van der Waals surface area contributed by atoms with E-state index in [1.54, 1.807) is 6.20 Å². The van der Waals surface area contributed by atoms with Crippen molar-refractivity contribution in [2.45, 2.75) is 65.2 Å². The van der Waals surface area contributed by atoms with Crippen LogP contribution in [0.15, 0.2) is 24.7 Å². The van der Waals surface area contributed by atoms with Gasteiger partial charge in [0.05, 0.1) is 11.3 Å². The Morgan fingerprint density at radius 1 is 1.13 bits per heavy atom. The minimum Gasteiger partial charge on any atom is -0.474 e. The van der Waals surface area contributed by atoms with Crippen LogP contribution in [0.5, 0.6) is 17.5 Å². The number of likely N-dealkylation sites (tertiary alicyclic amines) is 1. The number of ether oxygens (including phenoxy) is 3. The van der Waals surface area contributed by atoms with E-state index in [-0.39, 0.29) is 24.2 Å². The van der Waals surface area contributed by atoms with Gasteiger partial charge in [0.25, 0.3) is 0 Å². The third-order valence-electron chi connectivity index (χ3n) is 5.52. The van der Waals surface area contributed by atoms with Gasteiger partial charge in [-0.2, -0.15) is 0 Å². The Bertz CT molecular complexity index is 943. The summed E-state index contributed by atoms with van der Waals surface area (Å²) < 4.78 is 17.7. The number of amides is 1. The fourth-order valence-corrected chi connectivity index (χ4v) is 4.06. The standard InChI is InChI=1S/C22H28N4O4/c1-13-19(28-17-7-6-8-23-14(17)2)24-12-25-20(13)29-18-10-16-9-15(18)11-26(16)21(27)30-22(3,4)5/h6-8,12,15-16,18H,9-11H2,1-5H3/t15-,16-,18-/m0/s1. The Kier molecular flexibility index (Phi) is 5.26. The second kappa shape index (κ2) is 7.74. The zero-order valence-electron chi connectivity index (χ0n) is 18.1. The van der Waals surface area contributed by atoms with Crippen molar-refractivity contribution in [2.24, 2.45) is 5.92 Å². The van der Waals surface area contributed by atoms with Crippen molar-refractivity contribution in [2.75, 3.05) is 6.54 Å². The predicted molar refractivity (Wildman–Crippen MR) is 110 cm³/mol. The van der Waals surface area contributed by atoms with Gasteiger partial charge in [-0.25, -0.2) is 14.8 Å². The van der Waals surface area contributed by atoms with Gasteiger partial charge in [0.15, 0.2) is 5.75 Å². The minimum absolute atomic E-state index is 0.00950. The van der Waals surface area contributed by atoms with Crippen molar-refractivity contribution in [3.63, 3.8) is 0 Å². The second-order valence-corrected chi connectivity index (χ2v) is 8.97. The first kappa shape index (κ1) is 20.4. The van der Waals surface area contributed by atoms with Gasteiger partial charge in [-0.05, 0) is 53.2 Å². The van der Waals surface area contributed by atoms with E-state index in [2.05, 4.69) is 15.0 Å². The van der Waals surface area contributed by atoms with Crippen molar-refractivity contribution in [1.82, 2.24) is 19.9 Å². The topological polar surface area (TPSA) is 86.7 Å². The van der Waals surface area contributed by atoms with Gasteiger partial charge in [-0.1, -0.05) is 0 Å². The molecular weight excluding hydrogens is 384 g/mol. The number of pyridine rings is 1. The molecule has 8 heteroatoms. The molecule has 8 nitrogen and oxygen atoms in total. The van der Waals surface area contributed by atoms with Crippen molar-refractivity contribution in [3.8, 4) is 17.5 Å². The van der Waals surface area contributed by atoms with Crippen LogP contribution in [-0.2, 0) is 4.74 Å². The predicted octanol–water partition coefficient (Wildman–Crippen LogP) is 4.06. The summed E-state index contributed by atoms with van der Waals surface area (Å²) >= 11 is 0. The summed E-state index contributed by atoms with van der Waals surface area (Å²) in [6, 6.07) is 3.82. The zero-order chi connectivity index (χ0) is 21.5. The molecule has 3 atom stereocenters. The zero-order valence-corrected chi connectivity index (χ0v) is 18.1. The Morgan fingerprint density at radius 2 is 1.90 bits per heavy atom. The van der Waals surface area contributed by atoms with Crippen LogP contribution in [-0.4, -0.2) is 50.2 Å². The van der Waals surface area contributed by atoms with Gasteiger partial charge in [-0.15, -0.1) is 0 Å². The number of rotatable bonds is 4. The molecule has 1 saturated heterocycles. The third kappa shape index (κ3) is 4.17. The summed E-state index contributed by atoms with van der Waals surface area (Å²) in [7, 11) is 0. The van der Waals surface area contributed by atoms with Crippen LogP contribution in [0.1, 0.15) is 44.9 Å². The van der Waals surface area contributed by atoms with E-state index >= 15 is 0 Å².